The van der Waals surface area contributed by atoms with Crippen LogP contribution in [0.15, 0.2) is 331 Å². The molecule has 19 rings (SSSR count). The highest BCUT2D eigenvalue weighted by molar-refractivity contribution is 7.99. The summed E-state index contributed by atoms with van der Waals surface area (Å²) in [5, 5.41) is -0.460. The first kappa shape index (κ1) is 30.3. The molecule has 0 unspecified atom stereocenters. The maximum absolute atomic E-state index is 11.3. The molecule has 7 heteroatoms. The topological polar surface area (TPSA) is 48.5 Å². The van der Waals surface area contributed by atoms with E-state index < -0.39 is 255 Å². The van der Waals surface area contributed by atoms with Gasteiger partial charge in [0, 0.05) is 48.2 Å². The number of nitrogens with zero attached hydrogens (tertiary/aromatic N) is 5. The van der Waals surface area contributed by atoms with Crippen LogP contribution in [0.1, 0.15) is 63.4 Å². The summed E-state index contributed by atoms with van der Waals surface area (Å²) >= 11 is 1.25. The zero-order chi connectivity index (χ0) is 85.9. The predicted octanol–water partition coefficient (Wildman–Crippen LogP) is 17.9. The summed E-state index contributed by atoms with van der Waals surface area (Å²) in [5.74, 6) is -2.31. The van der Waals surface area contributed by atoms with E-state index >= 15 is 0 Å². The average Bonchev–Trinajstić information content (AvgIpc) is 1.52. The summed E-state index contributed by atoms with van der Waals surface area (Å²) in [4.78, 5) is 15.8. The Morgan fingerprint density at radius 3 is 1.44 bits per heavy atom. The molecule has 1 spiro atoms. The van der Waals surface area contributed by atoms with Crippen molar-refractivity contribution in [3.8, 4) is 45.5 Å². The molecule has 0 saturated heterocycles. The molecule has 14 aromatic carbocycles. The fourth-order valence-corrected chi connectivity index (χ4v) is 19.0. The van der Waals surface area contributed by atoms with Gasteiger partial charge >= 0.3 is 0 Å². The molecule has 17 aromatic rings. The van der Waals surface area contributed by atoms with E-state index in [1.165, 1.54) is 42.1 Å². The van der Waals surface area contributed by atoms with E-state index in [0.29, 0.717) is 15.4 Å². The first-order chi connectivity index (χ1) is 57.6. The van der Waals surface area contributed by atoms with Gasteiger partial charge in [-0.3, -0.25) is 4.57 Å². The highest BCUT2D eigenvalue weighted by atomic mass is 32.2. The highest BCUT2D eigenvalue weighted by Crippen LogP contribution is 2.64. The maximum Gasteiger partial charge on any atom is 0.238 e. The van der Waals surface area contributed by atoms with E-state index in [9.17, 15) is 27.4 Å². The second-order valence-corrected chi connectivity index (χ2v) is 26.5. The first-order valence-corrected chi connectivity index (χ1v) is 31.5. The second kappa shape index (κ2) is 20.2. The van der Waals surface area contributed by atoms with Gasteiger partial charge < -0.3 is 4.57 Å². The summed E-state index contributed by atoms with van der Waals surface area (Å²) in [6.07, 6.45) is 0. The number of para-hydroxylation sites is 4. The summed E-state index contributed by atoms with van der Waals surface area (Å²) < 4.78 is 289. The third-order valence-electron chi connectivity index (χ3n) is 17.5. The van der Waals surface area contributed by atoms with Crippen molar-refractivity contribution in [2.24, 2.45) is 0 Å². The molecule has 0 N–H and O–H groups in total. The Kier molecular flexibility index (Phi) is 6.72. The smallest absolute Gasteiger partial charge is 0.238 e. The molecule has 1 aliphatic heterocycles. The first-order valence-electron chi connectivity index (χ1n) is 43.7. The summed E-state index contributed by atoms with van der Waals surface area (Å²) in [6.45, 7) is 0. The minimum atomic E-state index is -6.10. The molecule has 5 nitrogen and oxygen atoms in total. The fraction of sp³-hybridized carbons (Fsp3) is 0.0119. The van der Waals surface area contributed by atoms with Crippen LogP contribution in [0, 0.1) is 0 Å². The van der Waals surface area contributed by atoms with Crippen LogP contribution in [0.2, 0.25) is 0 Å². The van der Waals surface area contributed by atoms with Crippen molar-refractivity contribution in [1.29, 1.82) is 0 Å². The van der Waals surface area contributed by atoms with Gasteiger partial charge in [0.05, 0.1) is 68.6 Å². The minimum absolute atomic E-state index is 0.109. The molecule has 91 heavy (non-hydrogen) atoms. The molecule has 424 valence electrons. The SMILES string of the molecule is [2H]c1c([2H])c([2H])c([Si](c2ccc3c(c2)Sc2ccccc2C32c3ccc4ccccc4c3-c3c2ccc2ccccc32)(c2c([2H])c([2H])c([2H])c([2H])c2[2H])c2c([2H])c([2H])c([2H])c(-c3nc(-c4cccc(-n5c6c([2H])c([2H])c([2H])c([2H])c6c6c([2H])c([2H])c([2H])c([2H])c65)c4)nc(-n4c5c([2H])c([2H])c([2H])c([2H])c5c5c([2H])c([2H])c([2H])c([2H])c54)n3)c2[2H])c([2H])c1[2H]. The van der Waals surface area contributed by atoms with Gasteiger partial charge in [-0.25, -0.2) is 4.98 Å². The molecular weight excluding hydrogens is 1140 g/mol. The third-order valence-corrected chi connectivity index (χ3v) is 22.8. The van der Waals surface area contributed by atoms with Gasteiger partial charge in [0.2, 0.25) is 5.95 Å². The van der Waals surface area contributed by atoms with Crippen molar-refractivity contribution < 1.29 is 41.1 Å². The molecular formula is C84H53N5SSi. The van der Waals surface area contributed by atoms with Crippen molar-refractivity contribution >= 4 is 106 Å². The number of rotatable bonds is 8. The zero-order valence-corrected chi connectivity index (χ0v) is 48.7. The van der Waals surface area contributed by atoms with Gasteiger partial charge in [-0.1, -0.05) is 284 Å². The molecule has 2 aliphatic rings. The predicted molar refractivity (Wildman–Crippen MR) is 379 cm³/mol. The Hall–Kier alpha value is -11.2. The van der Waals surface area contributed by atoms with E-state index in [1.54, 1.807) is 12.1 Å². The van der Waals surface area contributed by atoms with Gasteiger partial charge in [-0.05, 0) is 124 Å². The zero-order valence-electron chi connectivity index (χ0n) is 76.9. The van der Waals surface area contributed by atoms with Crippen LogP contribution >= 0.6 is 11.8 Å². The van der Waals surface area contributed by atoms with Crippen LogP contribution in [-0.4, -0.2) is 32.2 Å². The Morgan fingerprint density at radius 2 is 0.835 bits per heavy atom. The molecule has 0 radical (unpaired) electrons. The molecule has 3 aromatic heterocycles. The Balaban J connectivity index is 0.977. The van der Waals surface area contributed by atoms with E-state index in [1.807, 2.05) is 84.9 Å². The fourth-order valence-electron chi connectivity index (χ4n) is 13.8. The number of benzene rings is 14. The summed E-state index contributed by atoms with van der Waals surface area (Å²) in [5.41, 5.74) is 0.710. The van der Waals surface area contributed by atoms with Gasteiger partial charge in [-0.2, -0.15) is 9.97 Å². The van der Waals surface area contributed by atoms with Crippen LogP contribution in [-0.2, 0) is 5.41 Å². The number of aromatic nitrogens is 5. The van der Waals surface area contributed by atoms with Crippen LogP contribution in [0.5, 0.6) is 0 Å². The lowest BCUT2D eigenvalue weighted by molar-refractivity contribution is 0.724. The standard InChI is InChI=1S/C84H53N5SSi/c1-3-28-59(29-4-1)91(60-30-5-2-6-31-60,62-47-50-70-78(53-62)90-77-44-20-15-39-69(77)84(70)71-48-45-54-23-7-9-33-63(54)79(71)80-64-34-10-8-24-55(64)46-49-72(80)84)61-32-22-26-57(52-61)82-85-81(86-83(87-82)89-75-42-18-13-37-67(75)68-38-14-19-43-76(68)89)56-25-21-27-58(51-56)88-73-40-16-11-35-65(73)66-36-12-17-41-74(66)88/h1-53H/i1D,2D,3D,4D,5D,6D,11D,12D,13D,14D,16D,17D,18D,19D,22D,26D,28D,29D,30D,31D,32D,35D,36D,37D,38D,40D,41D,42D,43D,52D. The van der Waals surface area contributed by atoms with Gasteiger partial charge in [0.1, 0.15) is 0 Å². The van der Waals surface area contributed by atoms with Crippen molar-refractivity contribution in [3.05, 3.63) is 343 Å². The van der Waals surface area contributed by atoms with Gasteiger partial charge in [0.15, 0.2) is 19.7 Å². The third kappa shape index (κ3) is 7.50. The summed E-state index contributed by atoms with van der Waals surface area (Å²) in [6, 6.07) is 15.2. The lowest BCUT2D eigenvalue weighted by Gasteiger charge is -2.41. The van der Waals surface area contributed by atoms with Gasteiger partial charge in [-0.15, -0.1) is 0 Å². The Bertz CT molecular complexity index is 7370. The largest absolute Gasteiger partial charge is 0.309 e. The molecule has 0 atom stereocenters. The highest BCUT2D eigenvalue weighted by Gasteiger charge is 2.52. The molecule has 0 bridgehead atoms. The van der Waals surface area contributed by atoms with Crippen LogP contribution in [0.4, 0.5) is 0 Å². The second-order valence-electron chi connectivity index (χ2n) is 21.9. The Labute approximate surface area is 573 Å². The van der Waals surface area contributed by atoms with Crippen molar-refractivity contribution in [1.82, 2.24) is 24.1 Å². The van der Waals surface area contributed by atoms with Crippen molar-refractivity contribution in [3.63, 3.8) is 0 Å². The summed E-state index contributed by atoms with van der Waals surface area (Å²) in [7, 11) is -6.10. The van der Waals surface area contributed by atoms with E-state index in [-0.39, 0.29) is 38.2 Å². The quantitative estimate of drug-likeness (QED) is 0.112. The van der Waals surface area contributed by atoms with Crippen molar-refractivity contribution in [2.45, 2.75) is 15.2 Å². The number of fused-ring (bicyclic) bond motifs is 19. The van der Waals surface area contributed by atoms with Crippen LogP contribution in [0.25, 0.3) is 111 Å². The van der Waals surface area contributed by atoms with E-state index in [4.69, 9.17) is 28.7 Å². The van der Waals surface area contributed by atoms with E-state index in [2.05, 4.69) is 12.1 Å². The van der Waals surface area contributed by atoms with Gasteiger partial charge in [0.25, 0.3) is 0 Å². The van der Waals surface area contributed by atoms with Crippen molar-refractivity contribution in [2.75, 3.05) is 0 Å². The monoisotopic (exact) mass is 1220 g/mol. The molecule has 1 aliphatic carbocycles. The van der Waals surface area contributed by atoms with E-state index in [0.717, 1.165) is 58.5 Å². The molecule has 0 amide bonds. The lowest BCUT2D eigenvalue weighted by Crippen LogP contribution is -2.74. The van der Waals surface area contributed by atoms with Crippen LogP contribution < -0.4 is 20.7 Å². The number of hydrogen-bond donors (Lipinski definition) is 0. The maximum atomic E-state index is 11.3. The Morgan fingerprint density at radius 1 is 0.341 bits per heavy atom. The minimum Gasteiger partial charge on any atom is -0.309 e. The molecule has 0 fully saturated rings. The lowest BCUT2D eigenvalue weighted by atomic mass is 9.67. The number of hydrogen-bond acceptors (Lipinski definition) is 4. The molecule has 4 heterocycles. The average molecular weight is 1220 g/mol. The van der Waals surface area contributed by atoms with Crippen LogP contribution in [0.3, 0.4) is 0 Å². The molecule has 0 saturated carbocycles. The normalized spacial score (nSPS) is 17.7.